The van der Waals surface area contributed by atoms with Gasteiger partial charge in [0.05, 0.1) is 5.41 Å². The van der Waals surface area contributed by atoms with Gasteiger partial charge in [0.15, 0.2) is 0 Å². The van der Waals surface area contributed by atoms with Crippen LogP contribution in [0.2, 0.25) is 0 Å². The molecule has 0 aromatic heterocycles. The largest absolute Gasteiger partial charge is 0.481 e. The molecule has 0 aromatic carbocycles. The molecule has 0 aromatic rings. The quantitative estimate of drug-likeness (QED) is 0.338. The van der Waals surface area contributed by atoms with Crippen LogP contribution in [-0.4, -0.2) is 23.7 Å². The van der Waals surface area contributed by atoms with Gasteiger partial charge >= 0.3 is 5.97 Å². The average Bonchev–Trinajstić information content (AvgIpc) is 2.78. The number of ether oxygens (including phenoxy) is 1. The zero-order valence-electron chi connectivity index (χ0n) is 23.2. The molecule has 35 heavy (non-hydrogen) atoms. The van der Waals surface area contributed by atoms with Gasteiger partial charge in [-0.2, -0.15) is 0 Å². The molecule has 4 fully saturated rings. The van der Waals surface area contributed by atoms with Crippen molar-refractivity contribution in [2.45, 2.75) is 112 Å². The summed E-state index contributed by atoms with van der Waals surface area (Å²) in [7, 11) is 0. The molecule has 4 heteroatoms. The second-order valence-electron chi connectivity index (χ2n) is 14.7. The highest BCUT2D eigenvalue weighted by atomic mass is 16.5. The standard InChI is InChI=1S/C31H48O4/c1-19-10-15-31(26(33)34)17-16-29(6)21(25(31)20(19)2)8-9-23-28(5)13-12-24(35-18-32)27(3,4)22(28)11-14-30(23,29)7/h8,18-20,22-25H,9-17H2,1-7H3,(H,33,34)/t19-,20+,22+,23-,24+,25+,28+,29-,30-,31+/m1/s1. The van der Waals surface area contributed by atoms with E-state index in [2.05, 4.69) is 54.5 Å². The molecular formula is C31H48O4. The predicted molar refractivity (Wildman–Crippen MR) is 138 cm³/mol. The molecule has 0 unspecified atom stereocenters. The molecule has 5 rings (SSSR count). The molecule has 1 N–H and O–H groups in total. The van der Waals surface area contributed by atoms with Gasteiger partial charge < -0.3 is 9.84 Å². The fourth-order valence-electron chi connectivity index (χ4n) is 11.1. The van der Waals surface area contributed by atoms with E-state index < -0.39 is 11.4 Å². The van der Waals surface area contributed by atoms with Crippen LogP contribution < -0.4 is 0 Å². The van der Waals surface area contributed by atoms with E-state index in [0.717, 1.165) is 44.9 Å². The molecule has 0 aliphatic heterocycles. The lowest BCUT2D eigenvalue weighted by Gasteiger charge is -2.71. The number of carbonyl (C=O) groups is 2. The molecule has 0 saturated heterocycles. The van der Waals surface area contributed by atoms with Gasteiger partial charge in [0, 0.05) is 5.41 Å². The molecule has 0 heterocycles. The van der Waals surface area contributed by atoms with E-state index in [4.69, 9.17) is 4.74 Å². The van der Waals surface area contributed by atoms with Crippen LogP contribution in [0.5, 0.6) is 0 Å². The fourth-order valence-corrected chi connectivity index (χ4v) is 11.1. The van der Waals surface area contributed by atoms with E-state index in [0.29, 0.717) is 30.1 Å². The number of allylic oxidation sites excluding steroid dienone is 2. The van der Waals surface area contributed by atoms with Crippen LogP contribution in [0.4, 0.5) is 0 Å². The molecule has 0 bridgehead atoms. The monoisotopic (exact) mass is 484 g/mol. The summed E-state index contributed by atoms with van der Waals surface area (Å²) in [5.41, 5.74) is 1.33. The van der Waals surface area contributed by atoms with E-state index in [9.17, 15) is 14.7 Å². The first-order valence-corrected chi connectivity index (χ1v) is 14.3. The lowest BCUT2D eigenvalue weighted by molar-refractivity contribution is -0.211. The van der Waals surface area contributed by atoms with E-state index >= 15 is 0 Å². The van der Waals surface area contributed by atoms with Crippen LogP contribution >= 0.6 is 0 Å². The van der Waals surface area contributed by atoms with Crippen LogP contribution in [0.1, 0.15) is 106 Å². The van der Waals surface area contributed by atoms with Gasteiger partial charge in [-0.25, -0.2) is 0 Å². The molecule has 4 saturated carbocycles. The maximum absolute atomic E-state index is 12.8. The zero-order valence-corrected chi connectivity index (χ0v) is 23.2. The molecule has 0 spiro atoms. The molecular weight excluding hydrogens is 436 g/mol. The SMILES string of the molecule is C[C@H]1[C@H](C)CC[C@]2(C(=O)O)CC[C@]3(C)C(=CC[C@@H]4[C@@]5(C)CC[C@H](OC=O)C(C)(C)[C@@H]5CC[C@]43C)[C@H]12. The van der Waals surface area contributed by atoms with Crippen molar-refractivity contribution in [3.8, 4) is 0 Å². The Balaban J connectivity index is 1.58. The summed E-state index contributed by atoms with van der Waals surface area (Å²) in [5.74, 6) is 1.70. The smallest absolute Gasteiger partial charge is 0.310 e. The minimum atomic E-state index is -0.576. The van der Waals surface area contributed by atoms with E-state index in [1.807, 2.05) is 0 Å². The number of rotatable bonds is 3. The second kappa shape index (κ2) is 7.84. The number of hydrogen-bond acceptors (Lipinski definition) is 3. The minimum Gasteiger partial charge on any atom is -0.481 e. The number of carboxylic acids is 1. The summed E-state index contributed by atoms with van der Waals surface area (Å²) >= 11 is 0. The summed E-state index contributed by atoms with van der Waals surface area (Å²) < 4.78 is 5.63. The topological polar surface area (TPSA) is 63.6 Å². The highest BCUT2D eigenvalue weighted by Gasteiger charge is 2.69. The fraction of sp³-hybridized carbons (Fsp3) is 0.871. The molecule has 5 aliphatic carbocycles. The molecule has 0 radical (unpaired) electrons. The highest BCUT2D eigenvalue weighted by Crippen LogP contribution is 2.75. The lowest BCUT2D eigenvalue weighted by Crippen LogP contribution is -2.65. The molecule has 10 atom stereocenters. The van der Waals surface area contributed by atoms with Crippen LogP contribution in [-0.2, 0) is 14.3 Å². The Morgan fingerprint density at radius 3 is 2.34 bits per heavy atom. The third-order valence-electron chi connectivity index (χ3n) is 13.6. The first-order chi connectivity index (χ1) is 16.3. The number of carboxylic acid groups (broad SMARTS) is 1. The summed E-state index contributed by atoms with van der Waals surface area (Å²) in [6.07, 6.45) is 11.7. The first kappa shape index (κ1) is 25.3. The van der Waals surface area contributed by atoms with E-state index in [1.54, 1.807) is 0 Å². The summed E-state index contributed by atoms with van der Waals surface area (Å²) in [6.45, 7) is 17.6. The number of hydrogen-bond donors (Lipinski definition) is 1. The predicted octanol–water partition coefficient (Wildman–Crippen LogP) is 7.27. The normalized spacial score (nSPS) is 52.6. The summed E-state index contributed by atoms with van der Waals surface area (Å²) in [6, 6.07) is 0. The van der Waals surface area contributed by atoms with Gasteiger partial charge in [0.25, 0.3) is 6.47 Å². The minimum absolute atomic E-state index is 0.00292. The van der Waals surface area contributed by atoms with E-state index in [-0.39, 0.29) is 33.7 Å². The molecule has 196 valence electrons. The molecule has 4 nitrogen and oxygen atoms in total. The third-order valence-corrected chi connectivity index (χ3v) is 13.6. The van der Waals surface area contributed by atoms with Crippen molar-refractivity contribution in [1.82, 2.24) is 0 Å². The Morgan fingerprint density at radius 1 is 0.971 bits per heavy atom. The Morgan fingerprint density at radius 2 is 1.69 bits per heavy atom. The van der Waals surface area contributed by atoms with Crippen LogP contribution in [0.3, 0.4) is 0 Å². The third kappa shape index (κ3) is 3.03. The Bertz CT molecular complexity index is 936. The summed E-state index contributed by atoms with van der Waals surface area (Å²) in [5, 5.41) is 10.6. The Kier molecular flexibility index (Phi) is 5.67. The van der Waals surface area contributed by atoms with Gasteiger partial charge in [-0.3, -0.25) is 9.59 Å². The van der Waals surface area contributed by atoms with Crippen LogP contribution in [0.15, 0.2) is 11.6 Å². The number of carbonyl (C=O) groups excluding carboxylic acids is 1. The van der Waals surface area contributed by atoms with Crippen molar-refractivity contribution < 1.29 is 19.4 Å². The molecule has 0 amide bonds. The van der Waals surface area contributed by atoms with Gasteiger partial charge in [-0.15, -0.1) is 0 Å². The maximum atomic E-state index is 12.8. The maximum Gasteiger partial charge on any atom is 0.310 e. The number of aliphatic carboxylic acids is 1. The van der Waals surface area contributed by atoms with Crippen LogP contribution in [0.25, 0.3) is 0 Å². The second-order valence-corrected chi connectivity index (χ2v) is 14.7. The average molecular weight is 485 g/mol. The van der Waals surface area contributed by atoms with Crippen molar-refractivity contribution in [2.24, 2.45) is 56.7 Å². The van der Waals surface area contributed by atoms with Crippen LogP contribution in [0, 0.1) is 56.7 Å². The number of fused-ring (bicyclic) bond motifs is 7. The first-order valence-electron chi connectivity index (χ1n) is 14.3. The Hall–Kier alpha value is -1.32. The van der Waals surface area contributed by atoms with Gasteiger partial charge in [0.1, 0.15) is 6.10 Å². The van der Waals surface area contributed by atoms with Gasteiger partial charge in [-0.1, -0.05) is 60.1 Å². The van der Waals surface area contributed by atoms with E-state index in [1.165, 1.54) is 18.4 Å². The lowest BCUT2D eigenvalue weighted by atomic mass is 9.33. The van der Waals surface area contributed by atoms with Crippen molar-refractivity contribution in [2.75, 3.05) is 0 Å². The summed E-state index contributed by atoms with van der Waals surface area (Å²) in [4.78, 5) is 24.1. The molecule has 5 aliphatic rings. The van der Waals surface area contributed by atoms with Gasteiger partial charge in [-0.05, 0) is 104 Å². The Labute approximate surface area is 212 Å². The van der Waals surface area contributed by atoms with Crippen molar-refractivity contribution >= 4 is 12.4 Å². The van der Waals surface area contributed by atoms with Crippen molar-refractivity contribution in [1.29, 1.82) is 0 Å². The van der Waals surface area contributed by atoms with Crippen molar-refractivity contribution in [3.05, 3.63) is 11.6 Å². The van der Waals surface area contributed by atoms with Crippen molar-refractivity contribution in [3.63, 3.8) is 0 Å². The highest BCUT2D eigenvalue weighted by molar-refractivity contribution is 5.76. The zero-order chi connectivity index (χ0) is 25.6. The van der Waals surface area contributed by atoms with Gasteiger partial charge in [0.2, 0.25) is 0 Å².